The van der Waals surface area contributed by atoms with Gasteiger partial charge >= 0.3 is 0 Å². The Labute approximate surface area is 122 Å². The van der Waals surface area contributed by atoms with Crippen LogP contribution in [0.5, 0.6) is 0 Å². The van der Waals surface area contributed by atoms with Gasteiger partial charge in [0.05, 0.1) is 11.4 Å². The average Bonchev–Trinajstić information content (AvgIpc) is 3.08. The zero-order valence-electron chi connectivity index (χ0n) is 10.7. The summed E-state index contributed by atoms with van der Waals surface area (Å²) in [6.07, 6.45) is 3.64. The van der Waals surface area contributed by atoms with Gasteiger partial charge in [0.25, 0.3) is 0 Å². The maximum atomic E-state index is 12.0. The Bertz CT molecular complexity index is 662. The zero-order valence-corrected chi connectivity index (χ0v) is 12.4. The molecule has 1 fully saturated rings. The molecule has 1 aliphatic carbocycles. The fourth-order valence-corrected chi connectivity index (χ4v) is 3.62. The lowest BCUT2D eigenvalue weighted by Gasteiger charge is -2.07. The first-order valence-corrected chi connectivity index (χ1v) is 8.74. The van der Waals surface area contributed by atoms with E-state index >= 15 is 0 Å². The van der Waals surface area contributed by atoms with Gasteiger partial charge < -0.3 is 5.32 Å². The van der Waals surface area contributed by atoms with Crippen LogP contribution in [0.4, 0.5) is 5.69 Å². The molecule has 20 heavy (non-hydrogen) atoms. The smallest absolute Gasteiger partial charge is 0.240 e. The number of sulfonamides is 1. The van der Waals surface area contributed by atoms with Crippen LogP contribution < -0.4 is 10.0 Å². The first-order valence-electron chi connectivity index (χ1n) is 6.38. The lowest BCUT2D eigenvalue weighted by molar-refractivity contribution is 0.581. The van der Waals surface area contributed by atoms with E-state index in [9.17, 15) is 8.42 Å². The fourth-order valence-electron chi connectivity index (χ4n) is 1.76. The fraction of sp³-hybridized carbons (Fsp3) is 0.308. The molecule has 2 N–H and O–H groups in total. The van der Waals surface area contributed by atoms with Gasteiger partial charge in [0.1, 0.15) is 5.01 Å². The van der Waals surface area contributed by atoms with Gasteiger partial charge in [-0.2, -0.15) is 0 Å². The minimum Gasteiger partial charge on any atom is -0.379 e. The van der Waals surface area contributed by atoms with Crippen molar-refractivity contribution in [2.75, 3.05) is 5.32 Å². The Morgan fingerprint density at radius 2 is 2.00 bits per heavy atom. The van der Waals surface area contributed by atoms with Gasteiger partial charge in [-0.3, -0.25) is 0 Å². The van der Waals surface area contributed by atoms with Gasteiger partial charge in [0.2, 0.25) is 10.0 Å². The lowest BCUT2D eigenvalue weighted by atomic mass is 10.3. The number of hydrogen-bond acceptors (Lipinski definition) is 5. The minimum atomic E-state index is -3.36. The van der Waals surface area contributed by atoms with Crippen molar-refractivity contribution < 1.29 is 8.42 Å². The standard InChI is InChI=1S/C13H15N3O2S2/c17-20(18,16-11-1-2-11)12-5-3-10(4-6-12)15-9-13-14-7-8-19-13/h3-8,11,15-16H,1-2,9H2. The van der Waals surface area contributed by atoms with Gasteiger partial charge in [-0.15, -0.1) is 11.3 Å². The second kappa shape index (κ2) is 5.51. The summed E-state index contributed by atoms with van der Waals surface area (Å²) in [6.45, 7) is 0.643. The average molecular weight is 309 g/mol. The van der Waals surface area contributed by atoms with Crippen LogP contribution in [0.3, 0.4) is 0 Å². The molecule has 7 heteroatoms. The summed E-state index contributed by atoms with van der Waals surface area (Å²) in [7, 11) is -3.36. The topological polar surface area (TPSA) is 71.1 Å². The molecule has 0 amide bonds. The van der Waals surface area contributed by atoms with Crippen molar-refractivity contribution in [1.29, 1.82) is 0 Å². The van der Waals surface area contributed by atoms with Gasteiger partial charge in [0.15, 0.2) is 0 Å². The van der Waals surface area contributed by atoms with Crippen LogP contribution in [0, 0.1) is 0 Å². The molecule has 0 radical (unpaired) electrons. The van der Waals surface area contributed by atoms with E-state index in [4.69, 9.17) is 0 Å². The molecule has 1 heterocycles. The molecule has 1 aromatic carbocycles. The lowest BCUT2D eigenvalue weighted by Crippen LogP contribution is -2.25. The van der Waals surface area contributed by atoms with Gasteiger partial charge in [-0.05, 0) is 37.1 Å². The Balaban J connectivity index is 1.64. The summed E-state index contributed by atoms with van der Waals surface area (Å²) in [5, 5.41) is 6.14. The monoisotopic (exact) mass is 309 g/mol. The van der Waals surface area contributed by atoms with E-state index in [0.717, 1.165) is 23.5 Å². The summed E-state index contributed by atoms with van der Waals surface area (Å²) in [6, 6.07) is 6.91. The highest BCUT2D eigenvalue weighted by atomic mass is 32.2. The van der Waals surface area contributed by atoms with Crippen LogP contribution in [0.2, 0.25) is 0 Å². The van der Waals surface area contributed by atoms with Crippen LogP contribution >= 0.6 is 11.3 Å². The molecule has 0 bridgehead atoms. The molecule has 1 aliphatic rings. The van der Waals surface area contributed by atoms with E-state index in [1.807, 2.05) is 5.38 Å². The first kappa shape index (κ1) is 13.5. The molecule has 0 unspecified atom stereocenters. The first-order chi connectivity index (χ1) is 9.63. The molecule has 5 nitrogen and oxygen atoms in total. The number of benzene rings is 1. The van der Waals surface area contributed by atoms with Crippen molar-refractivity contribution in [1.82, 2.24) is 9.71 Å². The summed E-state index contributed by atoms with van der Waals surface area (Å²) in [5.41, 5.74) is 0.880. The van der Waals surface area contributed by atoms with Crippen LogP contribution in [0.1, 0.15) is 17.8 Å². The Morgan fingerprint density at radius 1 is 1.25 bits per heavy atom. The third kappa shape index (κ3) is 3.36. The maximum absolute atomic E-state index is 12.0. The van der Waals surface area contributed by atoms with Crippen LogP contribution in [-0.2, 0) is 16.6 Å². The van der Waals surface area contributed by atoms with E-state index in [-0.39, 0.29) is 6.04 Å². The van der Waals surface area contributed by atoms with Crippen molar-refractivity contribution in [3.8, 4) is 0 Å². The molecule has 106 valence electrons. The summed E-state index contributed by atoms with van der Waals surface area (Å²) >= 11 is 1.58. The van der Waals surface area contributed by atoms with E-state index in [1.165, 1.54) is 0 Å². The Kier molecular flexibility index (Phi) is 3.73. The molecule has 2 aromatic rings. The number of anilines is 1. The van der Waals surface area contributed by atoms with Crippen molar-refractivity contribution >= 4 is 27.0 Å². The minimum absolute atomic E-state index is 0.128. The highest BCUT2D eigenvalue weighted by molar-refractivity contribution is 7.89. The van der Waals surface area contributed by atoms with Crippen molar-refractivity contribution in [3.63, 3.8) is 0 Å². The predicted molar refractivity (Wildman–Crippen MR) is 79.2 cm³/mol. The summed E-state index contributed by atoms with van der Waals surface area (Å²) in [4.78, 5) is 4.49. The van der Waals surface area contributed by atoms with Crippen LogP contribution in [0.15, 0.2) is 40.7 Å². The van der Waals surface area contributed by atoms with Crippen LogP contribution in [0.25, 0.3) is 0 Å². The molecular formula is C13H15N3O2S2. The summed E-state index contributed by atoms with van der Waals surface area (Å²) < 4.78 is 26.7. The van der Waals surface area contributed by atoms with Gasteiger partial charge in [-0.25, -0.2) is 18.1 Å². The molecule has 0 saturated heterocycles. The van der Waals surface area contributed by atoms with E-state index < -0.39 is 10.0 Å². The number of rotatable bonds is 6. The van der Waals surface area contributed by atoms with Crippen molar-refractivity contribution in [2.45, 2.75) is 30.3 Å². The summed E-state index contributed by atoms with van der Waals surface area (Å²) in [5.74, 6) is 0. The number of hydrogen-bond donors (Lipinski definition) is 2. The van der Waals surface area contributed by atoms with E-state index in [1.54, 1.807) is 41.8 Å². The number of thiazole rings is 1. The molecule has 1 saturated carbocycles. The Hall–Kier alpha value is -1.44. The largest absolute Gasteiger partial charge is 0.379 e. The quantitative estimate of drug-likeness (QED) is 0.858. The molecule has 0 aliphatic heterocycles. The SMILES string of the molecule is O=S(=O)(NC1CC1)c1ccc(NCc2nccs2)cc1. The molecule has 0 atom stereocenters. The van der Waals surface area contributed by atoms with E-state index in [2.05, 4.69) is 15.0 Å². The second-order valence-electron chi connectivity index (χ2n) is 4.70. The molecular weight excluding hydrogens is 294 g/mol. The van der Waals surface area contributed by atoms with Gasteiger partial charge in [-0.1, -0.05) is 0 Å². The highest BCUT2D eigenvalue weighted by Crippen LogP contribution is 2.23. The number of nitrogens with one attached hydrogen (secondary N) is 2. The van der Waals surface area contributed by atoms with Gasteiger partial charge in [0, 0.05) is 23.3 Å². The maximum Gasteiger partial charge on any atom is 0.240 e. The predicted octanol–water partition coefficient (Wildman–Crippen LogP) is 2.20. The van der Waals surface area contributed by atoms with Crippen molar-refractivity contribution in [3.05, 3.63) is 40.8 Å². The molecule has 1 aromatic heterocycles. The molecule has 3 rings (SSSR count). The number of nitrogens with zero attached hydrogens (tertiary/aromatic N) is 1. The third-order valence-electron chi connectivity index (χ3n) is 2.99. The second-order valence-corrected chi connectivity index (χ2v) is 7.39. The third-order valence-corrected chi connectivity index (χ3v) is 5.31. The van der Waals surface area contributed by atoms with Crippen molar-refractivity contribution in [2.24, 2.45) is 0 Å². The highest BCUT2D eigenvalue weighted by Gasteiger charge is 2.27. The molecule has 0 spiro atoms. The van der Waals surface area contributed by atoms with Crippen LogP contribution in [-0.4, -0.2) is 19.4 Å². The zero-order chi connectivity index (χ0) is 14.0. The normalized spacial score (nSPS) is 15.2. The van der Waals surface area contributed by atoms with E-state index in [0.29, 0.717) is 11.4 Å². The Morgan fingerprint density at radius 3 is 2.60 bits per heavy atom. The number of aromatic nitrogens is 1.